The molecule has 3 amide bonds. The highest BCUT2D eigenvalue weighted by molar-refractivity contribution is 5.91. The van der Waals surface area contributed by atoms with E-state index in [0.717, 1.165) is 0 Å². The third kappa shape index (κ3) is 6.50. The van der Waals surface area contributed by atoms with E-state index in [1.54, 1.807) is 48.5 Å². The molecule has 1 saturated heterocycles. The molecule has 0 bridgehead atoms. The van der Waals surface area contributed by atoms with Crippen LogP contribution in [0.5, 0.6) is 11.5 Å². The van der Waals surface area contributed by atoms with Gasteiger partial charge in [0.25, 0.3) is 0 Å². The highest BCUT2D eigenvalue weighted by Crippen LogP contribution is 2.37. The summed E-state index contributed by atoms with van der Waals surface area (Å²) < 4.78 is 54.9. The molecule has 2 aromatic carbocycles. The highest BCUT2D eigenvalue weighted by Gasteiger charge is 2.42. The van der Waals surface area contributed by atoms with Crippen molar-refractivity contribution in [2.24, 2.45) is 0 Å². The number of aromatic nitrogens is 4. The molecule has 1 fully saturated rings. The average Bonchev–Trinajstić information content (AvgIpc) is 3.58. The van der Waals surface area contributed by atoms with E-state index in [4.69, 9.17) is 9.47 Å². The molecule has 1 aliphatic heterocycles. The third-order valence-corrected chi connectivity index (χ3v) is 7.00. The predicted molar refractivity (Wildman–Crippen MR) is 154 cm³/mol. The standard InChI is InChI=1S/C29H29F3N8O4/c1-43-23-10-6-7-19(24(23)44-2)15-34-26(41)22-17-38(28(42)36-20-8-4-3-5-9-20)13-14-40(22)25-21(29(30,31)32)16-35-27(37-25)39-12-11-33-18-39/h3-12,16,18,22H,13-15,17H2,1-2H3,(H,34,41)(H,36,42). The van der Waals surface area contributed by atoms with Gasteiger partial charge in [0.1, 0.15) is 23.8 Å². The van der Waals surface area contributed by atoms with Crippen LogP contribution >= 0.6 is 0 Å². The summed E-state index contributed by atoms with van der Waals surface area (Å²) in [6.45, 7) is -0.336. The molecule has 0 saturated carbocycles. The number of nitrogens with one attached hydrogen (secondary N) is 2. The van der Waals surface area contributed by atoms with E-state index in [0.29, 0.717) is 28.9 Å². The van der Waals surface area contributed by atoms with E-state index < -0.39 is 35.5 Å². The summed E-state index contributed by atoms with van der Waals surface area (Å²) >= 11 is 0. The number of hydrogen-bond donors (Lipinski definition) is 2. The molecule has 12 nitrogen and oxygen atoms in total. The fourth-order valence-corrected chi connectivity index (χ4v) is 4.85. The summed E-state index contributed by atoms with van der Waals surface area (Å²) in [6.07, 6.45) is 0.142. The van der Waals surface area contributed by atoms with Gasteiger partial charge in [-0.3, -0.25) is 9.36 Å². The molecule has 2 aromatic heterocycles. The minimum atomic E-state index is -4.82. The van der Waals surface area contributed by atoms with Gasteiger partial charge in [-0.1, -0.05) is 30.3 Å². The summed E-state index contributed by atoms with van der Waals surface area (Å²) in [5, 5.41) is 5.55. The van der Waals surface area contributed by atoms with Crippen LogP contribution in [0.15, 0.2) is 73.4 Å². The third-order valence-electron chi connectivity index (χ3n) is 7.00. The Morgan fingerprint density at radius 3 is 2.52 bits per heavy atom. The first-order chi connectivity index (χ1) is 21.2. The largest absolute Gasteiger partial charge is 0.493 e. The maximum Gasteiger partial charge on any atom is 0.421 e. The molecular weight excluding hydrogens is 581 g/mol. The number of carbonyl (C=O) groups excluding carboxylic acids is 2. The number of urea groups is 1. The normalized spacial score (nSPS) is 15.1. The maximum absolute atomic E-state index is 14.3. The average molecular weight is 611 g/mol. The number of alkyl halides is 3. The molecule has 2 N–H and O–H groups in total. The van der Waals surface area contributed by atoms with Crippen molar-refractivity contribution in [3.63, 3.8) is 0 Å². The van der Waals surface area contributed by atoms with Crippen LogP contribution in [-0.4, -0.2) is 76.3 Å². The number of para-hydroxylation sites is 2. The number of hydrogen-bond acceptors (Lipinski definition) is 8. The Bertz CT molecular complexity index is 1600. The monoisotopic (exact) mass is 610 g/mol. The van der Waals surface area contributed by atoms with Crippen LogP contribution in [0.3, 0.4) is 0 Å². The van der Waals surface area contributed by atoms with Gasteiger partial charge in [-0.2, -0.15) is 18.2 Å². The van der Waals surface area contributed by atoms with E-state index in [2.05, 4.69) is 25.6 Å². The first kappa shape index (κ1) is 30.1. The second-order valence-electron chi connectivity index (χ2n) is 9.70. The van der Waals surface area contributed by atoms with Crippen molar-refractivity contribution in [3.05, 3.63) is 84.6 Å². The number of piperazine rings is 1. The number of benzene rings is 2. The van der Waals surface area contributed by atoms with E-state index in [1.807, 2.05) is 0 Å². The topological polar surface area (TPSA) is 127 Å². The van der Waals surface area contributed by atoms with Gasteiger partial charge in [-0.25, -0.2) is 14.8 Å². The fraction of sp³-hybridized carbons (Fsp3) is 0.276. The number of rotatable bonds is 8. The smallest absolute Gasteiger partial charge is 0.421 e. The summed E-state index contributed by atoms with van der Waals surface area (Å²) in [5.74, 6) is -0.318. The van der Waals surface area contributed by atoms with Crippen molar-refractivity contribution in [2.75, 3.05) is 44.1 Å². The van der Waals surface area contributed by atoms with Crippen molar-refractivity contribution in [2.45, 2.75) is 18.8 Å². The molecule has 0 radical (unpaired) electrons. The number of nitrogens with zero attached hydrogens (tertiary/aromatic N) is 6. The summed E-state index contributed by atoms with van der Waals surface area (Å²) in [5.41, 5.74) is 0.00338. The van der Waals surface area contributed by atoms with Gasteiger partial charge in [0, 0.05) is 49.5 Å². The lowest BCUT2D eigenvalue weighted by Gasteiger charge is -2.41. The second kappa shape index (κ2) is 12.9. The lowest BCUT2D eigenvalue weighted by molar-refractivity contribution is -0.138. The molecule has 4 aromatic rings. The van der Waals surface area contributed by atoms with Gasteiger partial charge in [-0.05, 0) is 18.2 Å². The van der Waals surface area contributed by atoms with E-state index >= 15 is 0 Å². The Balaban J connectivity index is 1.48. The fourth-order valence-electron chi connectivity index (χ4n) is 4.85. The van der Waals surface area contributed by atoms with Crippen molar-refractivity contribution in [1.29, 1.82) is 0 Å². The van der Waals surface area contributed by atoms with Crippen LogP contribution in [0.25, 0.3) is 5.95 Å². The molecule has 3 heterocycles. The van der Waals surface area contributed by atoms with Crippen LogP contribution in [0.2, 0.25) is 0 Å². The van der Waals surface area contributed by atoms with Crippen LogP contribution in [-0.2, 0) is 17.5 Å². The molecule has 44 heavy (non-hydrogen) atoms. The quantitative estimate of drug-likeness (QED) is 0.309. The van der Waals surface area contributed by atoms with Crippen LogP contribution in [0.4, 0.5) is 29.5 Å². The molecular formula is C29H29F3N8O4. The first-order valence-corrected chi connectivity index (χ1v) is 13.5. The van der Waals surface area contributed by atoms with Gasteiger partial charge < -0.3 is 29.9 Å². The number of anilines is 2. The molecule has 230 valence electrons. The predicted octanol–water partition coefficient (Wildman–Crippen LogP) is 3.74. The number of amides is 3. The van der Waals surface area contributed by atoms with Gasteiger partial charge in [0.15, 0.2) is 11.5 Å². The van der Waals surface area contributed by atoms with E-state index in [1.165, 1.54) is 47.3 Å². The number of methoxy groups -OCH3 is 2. The zero-order valence-corrected chi connectivity index (χ0v) is 23.8. The Labute approximate surface area is 250 Å². The van der Waals surface area contributed by atoms with Crippen LogP contribution in [0.1, 0.15) is 11.1 Å². The van der Waals surface area contributed by atoms with E-state index in [9.17, 15) is 22.8 Å². The Kier molecular flexibility index (Phi) is 8.83. The molecule has 0 aliphatic carbocycles. The van der Waals surface area contributed by atoms with Crippen LogP contribution < -0.4 is 25.0 Å². The molecule has 1 unspecified atom stereocenters. The van der Waals surface area contributed by atoms with Gasteiger partial charge in [0.2, 0.25) is 11.9 Å². The Morgan fingerprint density at radius 1 is 1.05 bits per heavy atom. The zero-order chi connectivity index (χ0) is 31.3. The molecule has 15 heteroatoms. The minimum Gasteiger partial charge on any atom is -0.493 e. The van der Waals surface area contributed by atoms with Crippen LogP contribution in [0, 0.1) is 0 Å². The van der Waals surface area contributed by atoms with Gasteiger partial charge >= 0.3 is 12.2 Å². The molecule has 0 spiro atoms. The summed E-state index contributed by atoms with van der Waals surface area (Å²) in [4.78, 5) is 41.6. The SMILES string of the molecule is COc1cccc(CNC(=O)C2CN(C(=O)Nc3ccccc3)CCN2c2nc(-n3ccnc3)ncc2C(F)(F)F)c1OC. The highest BCUT2D eigenvalue weighted by atomic mass is 19.4. The van der Waals surface area contributed by atoms with Crippen molar-refractivity contribution in [1.82, 2.24) is 29.7 Å². The second-order valence-corrected chi connectivity index (χ2v) is 9.70. The number of imidazole rings is 1. The van der Waals surface area contributed by atoms with Gasteiger partial charge in [0.05, 0.1) is 20.8 Å². The lowest BCUT2D eigenvalue weighted by Crippen LogP contribution is -2.61. The summed E-state index contributed by atoms with van der Waals surface area (Å²) in [7, 11) is 2.94. The summed E-state index contributed by atoms with van der Waals surface area (Å²) in [6, 6.07) is 12.1. The van der Waals surface area contributed by atoms with Crippen molar-refractivity contribution >= 4 is 23.4 Å². The van der Waals surface area contributed by atoms with Crippen molar-refractivity contribution in [3.8, 4) is 17.4 Å². The maximum atomic E-state index is 14.3. The zero-order valence-electron chi connectivity index (χ0n) is 23.8. The first-order valence-electron chi connectivity index (χ1n) is 13.5. The minimum absolute atomic E-state index is 0.0179. The number of halogens is 3. The van der Waals surface area contributed by atoms with Gasteiger partial charge in [-0.15, -0.1) is 0 Å². The van der Waals surface area contributed by atoms with Crippen molar-refractivity contribution < 1.29 is 32.2 Å². The molecule has 1 aliphatic rings. The number of ether oxygens (including phenoxy) is 2. The Morgan fingerprint density at radius 2 is 1.84 bits per heavy atom. The number of carbonyl (C=O) groups is 2. The van der Waals surface area contributed by atoms with E-state index in [-0.39, 0.29) is 32.1 Å². The molecule has 1 atom stereocenters. The lowest BCUT2D eigenvalue weighted by atomic mass is 10.1. The molecule has 5 rings (SSSR count). The Hall–Kier alpha value is -5.34.